The maximum atomic E-state index is 13.8. The van der Waals surface area contributed by atoms with Crippen molar-refractivity contribution in [3.8, 4) is 0 Å². The van der Waals surface area contributed by atoms with Gasteiger partial charge in [-0.15, -0.1) is 0 Å². The molecule has 19 heavy (non-hydrogen) atoms. The minimum absolute atomic E-state index is 0.216. The lowest BCUT2D eigenvalue weighted by Crippen LogP contribution is -2.20. The van der Waals surface area contributed by atoms with E-state index in [9.17, 15) is 13.2 Å². The van der Waals surface area contributed by atoms with E-state index in [1.807, 2.05) is 0 Å². The Morgan fingerprint density at radius 2 is 1.53 bits per heavy atom. The third-order valence-corrected chi connectivity index (χ3v) is 3.08. The monoisotopic (exact) mass is 285 g/mol. The van der Waals surface area contributed by atoms with Crippen molar-refractivity contribution in [2.75, 3.05) is 7.05 Å². The first-order valence-corrected chi connectivity index (χ1v) is 5.98. The summed E-state index contributed by atoms with van der Waals surface area (Å²) >= 11 is 5.77. The molecule has 2 rings (SSSR count). The van der Waals surface area contributed by atoms with Crippen molar-refractivity contribution in [3.05, 3.63) is 70.0 Å². The zero-order valence-electron chi connectivity index (χ0n) is 10.1. The first kappa shape index (κ1) is 13.9. The summed E-state index contributed by atoms with van der Waals surface area (Å²) in [5, 5.41) is 3.34. The van der Waals surface area contributed by atoms with Crippen molar-refractivity contribution in [1.82, 2.24) is 5.32 Å². The number of nitrogens with one attached hydrogen (secondary N) is 1. The zero-order valence-corrected chi connectivity index (χ0v) is 10.8. The van der Waals surface area contributed by atoms with E-state index in [-0.39, 0.29) is 5.56 Å². The Bertz CT molecular complexity index is 561. The second kappa shape index (κ2) is 5.63. The third kappa shape index (κ3) is 2.91. The molecule has 0 aliphatic heterocycles. The highest BCUT2D eigenvalue weighted by Gasteiger charge is 2.21. The number of hydrogen-bond acceptors (Lipinski definition) is 1. The first-order chi connectivity index (χ1) is 9.02. The fraction of sp³-hybridized carbons (Fsp3) is 0.143. The van der Waals surface area contributed by atoms with Crippen molar-refractivity contribution in [3.63, 3.8) is 0 Å². The molecule has 0 aliphatic rings. The van der Waals surface area contributed by atoms with Crippen LogP contribution in [0.3, 0.4) is 0 Å². The van der Waals surface area contributed by atoms with Gasteiger partial charge in [0.25, 0.3) is 0 Å². The Hall–Kier alpha value is -1.52. The van der Waals surface area contributed by atoms with Crippen LogP contribution in [0.15, 0.2) is 36.4 Å². The van der Waals surface area contributed by atoms with Crippen LogP contribution in [-0.4, -0.2) is 7.05 Å². The van der Waals surface area contributed by atoms with E-state index in [1.54, 1.807) is 31.3 Å². The second-order valence-corrected chi connectivity index (χ2v) is 4.49. The molecule has 1 nitrogen and oxygen atoms in total. The van der Waals surface area contributed by atoms with Gasteiger partial charge in [0, 0.05) is 22.7 Å². The number of benzene rings is 2. The highest BCUT2D eigenvalue weighted by atomic mass is 35.5. The van der Waals surface area contributed by atoms with Crippen molar-refractivity contribution in [2.24, 2.45) is 0 Å². The summed E-state index contributed by atoms with van der Waals surface area (Å²) in [4.78, 5) is 0. The summed E-state index contributed by atoms with van der Waals surface area (Å²) in [5.41, 5.74) is 0.419. The van der Waals surface area contributed by atoms with Crippen LogP contribution >= 0.6 is 11.6 Å². The molecule has 0 aromatic heterocycles. The largest absolute Gasteiger partial charge is 0.309 e. The lowest BCUT2D eigenvalue weighted by atomic mass is 9.98. The van der Waals surface area contributed by atoms with Crippen LogP contribution in [0.5, 0.6) is 0 Å². The molecular formula is C14H11ClF3N. The molecule has 0 heterocycles. The molecular weight excluding hydrogens is 275 g/mol. The van der Waals surface area contributed by atoms with Crippen LogP contribution in [0.4, 0.5) is 13.2 Å². The van der Waals surface area contributed by atoms with Crippen molar-refractivity contribution < 1.29 is 13.2 Å². The maximum absolute atomic E-state index is 13.8. The minimum Gasteiger partial charge on any atom is -0.309 e. The van der Waals surface area contributed by atoms with Crippen LogP contribution in [-0.2, 0) is 0 Å². The summed E-state index contributed by atoms with van der Waals surface area (Å²) in [6.45, 7) is 0. The minimum atomic E-state index is -0.940. The van der Waals surface area contributed by atoms with Crippen LogP contribution < -0.4 is 5.32 Å². The molecule has 1 N–H and O–H groups in total. The van der Waals surface area contributed by atoms with E-state index in [4.69, 9.17) is 11.6 Å². The lowest BCUT2D eigenvalue weighted by Gasteiger charge is -2.18. The topological polar surface area (TPSA) is 12.0 Å². The van der Waals surface area contributed by atoms with Gasteiger partial charge in [-0.2, -0.15) is 0 Å². The van der Waals surface area contributed by atoms with Gasteiger partial charge in [-0.1, -0.05) is 23.7 Å². The van der Waals surface area contributed by atoms with Crippen LogP contribution in [0.1, 0.15) is 17.2 Å². The fourth-order valence-corrected chi connectivity index (χ4v) is 2.09. The normalized spacial score (nSPS) is 12.5. The van der Waals surface area contributed by atoms with Gasteiger partial charge in [0.1, 0.15) is 17.5 Å². The molecule has 100 valence electrons. The predicted molar refractivity (Wildman–Crippen MR) is 68.7 cm³/mol. The molecule has 0 fully saturated rings. The number of halogens is 4. The van der Waals surface area contributed by atoms with E-state index < -0.39 is 23.5 Å². The van der Waals surface area contributed by atoms with E-state index >= 15 is 0 Å². The van der Waals surface area contributed by atoms with Gasteiger partial charge >= 0.3 is 0 Å². The molecule has 0 bridgehead atoms. The van der Waals surface area contributed by atoms with Gasteiger partial charge in [0.15, 0.2) is 0 Å². The van der Waals surface area contributed by atoms with Gasteiger partial charge in [0.2, 0.25) is 0 Å². The van der Waals surface area contributed by atoms with Crippen LogP contribution in [0.25, 0.3) is 0 Å². The summed E-state index contributed by atoms with van der Waals surface area (Å²) in [7, 11) is 1.57. The lowest BCUT2D eigenvalue weighted by molar-refractivity contribution is 0.500. The molecule has 0 amide bonds. The van der Waals surface area contributed by atoms with Crippen molar-refractivity contribution in [1.29, 1.82) is 0 Å². The highest BCUT2D eigenvalue weighted by molar-refractivity contribution is 6.30. The van der Waals surface area contributed by atoms with E-state index in [0.29, 0.717) is 22.7 Å². The SMILES string of the molecule is CNC(c1ccc(Cl)cc1)c1c(F)cc(F)cc1F. The molecule has 1 atom stereocenters. The molecule has 2 aromatic rings. The quantitative estimate of drug-likeness (QED) is 0.896. The fourth-order valence-electron chi connectivity index (χ4n) is 1.96. The van der Waals surface area contributed by atoms with Gasteiger partial charge in [0.05, 0.1) is 6.04 Å². The molecule has 1 unspecified atom stereocenters. The second-order valence-electron chi connectivity index (χ2n) is 4.06. The standard InChI is InChI=1S/C14H11ClF3N/c1-19-14(8-2-4-9(15)5-3-8)13-11(17)6-10(16)7-12(13)18/h2-7,14,19H,1H3. The van der Waals surface area contributed by atoms with Gasteiger partial charge in [-0.25, -0.2) is 13.2 Å². The van der Waals surface area contributed by atoms with Gasteiger partial charge in [-0.05, 0) is 24.7 Å². The Morgan fingerprint density at radius 3 is 2.00 bits per heavy atom. The molecule has 2 aromatic carbocycles. The van der Waals surface area contributed by atoms with Crippen LogP contribution in [0.2, 0.25) is 5.02 Å². The zero-order chi connectivity index (χ0) is 14.0. The van der Waals surface area contributed by atoms with Gasteiger partial charge in [-0.3, -0.25) is 0 Å². The average Bonchev–Trinajstić information content (AvgIpc) is 2.35. The molecule has 0 saturated carbocycles. The molecule has 5 heteroatoms. The summed E-state index contributed by atoms with van der Waals surface area (Å²) < 4.78 is 40.4. The molecule has 0 spiro atoms. The van der Waals surface area contributed by atoms with Crippen molar-refractivity contribution >= 4 is 11.6 Å². The molecule has 0 radical (unpaired) electrons. The maximum Gasteiger partial charge on any atom is 0.134 e. The van der Waals surface area contributed by atoms with E-state index in [2.05, 4.69) is 5.32 Å². The van der Waals surface area contributed by atoms with Gasteiger partial charge < -0.3 is 5.32 Å². The summed E-state index contributed by atoms with van der Waals surface area (Å²) in [6, 6.07) is 7.19. The Kier molecular flexibility index (Phi) is 4.12. The summed E-state index contributed by atoms with van der Waals surface area (Å²) in [5.74, 6) is -2.79. The predicted octanol–water partition coefficient (Wildman–Crippen LogP) is 4.07. The van der Waals surface area contributed by atoms with E-state index in [0.717, 1.165) is 0 Å². The van der Waals surface area contributed by atoms with Crippen LogP contribution in [0, 0.1) is 17.5 Å². The van der Waals surface area contributed by atoms with E-state index in [1.165, 1.54) is 0 Å². The molecule has 0 saturated heterocycles. The first-order valence-electron chi connectivity index (χ1n) is 5.60. The Morgan fingerprint density at radius 1 is 1.00 bits per heavy atom. The summed E-state index contributed by atoms with van der Waals surface area (Å²) in [6.07, 6.45) is 0. The Balaban J connectivity index is 2.51. The number of rotatable bonds is 3. The average molecular weight is 286 g/mol. The smallest absolute Gasteiger partial charge is 0.134 e. The third-order valence-electron chi connectivity index (χ3n) is 2.82. The molecule has 0 aliphatic carbocycles. The Labute approximate surface area is 114 Å². The number of hydrogen-bond donors (Lipinski definition) is 1. The highest BCUT2D eigenvalue weighted by Crippen LogP contribution is 2.28. The van der Waals surface area contributed by atoms with Crippen molar-refractivity contribution in [2.45, 2.75) is 6.04 Å².